The van der Waals surface area contributed by atoms with Gasteiger partial charge in [0.25, 0.3) is 5.91 Å². The average Bonchev–Trinajstić information content (AvgIpc) is 2.39. The van der Waals surface area contributed by atoms with Crippen molar-refractivity contribution in [1.29, 1.82) is 0 Å². The number of amides is 1. The molecular weight excluding hydrogens is 228 g/mol. The monoisotopic (exact) mass is 242 g/mol. The third kappa shape index (κ3) is 2.66. The molecule has 0 aliphatic rings. The Labute approximate surface area is 106 Å². The van der Waals surface area contributed by atoms with Gasteiger partial charge in [-0.2, -0.15) is 0 Å². The number of ether oxygens (including phenoxy) is 1. The van der Waals surface area contributed by atoms with Gasteiger partial charge in [-0.05, 0) is 31.2 Å². The van der Waals surface area contributed by atoms with E-state index in [0.717, 1.165) is 5.69 Å². The summed E-state index contributed by atoms with van der Waals surface area (Å²) >= 11 is 0. The average molecular weight is 242 g/mol. The number of hydrogen-bond acceptors (Lipinski definition) is 3. The number of aromatic nitrogens is 1. The van der Waals surface area contributed by atoms with E-state index in [4.69, 9.17) is 4.74 Å². The molecule has 4 nitrogen and oxygen atoms in total. The van der Waals surface area contributed by atoms with Gasteiger partial charge < -0.3 is 10.1 Å². The minimum absolute atomic E-state index is 0.247. The van der Waals surface area contributed by atoms with Crippen molar-refractivity contribution in [2.75, 3.05) is 12.4 Å². The standard InChI is InChI=1S/C14H14N2O2/c1-10-6-5-8-12(15-10)14(17)16-11-7-3-4-9-13(11)18-2/h3-9H,1-2H3,(H,16,17). The van der Waals surface area contributed by atoms with E-state index in [1.807, 2.05) is 25.1 Å². The van der Waals surface area contributed by atoms with Crippen molar-refractivity contribution in [2.45, 2.75) is 6.92 Å². The van der Waals surface area contributed by atoms with E-state index in [1.165, 1.54) is 0 Å². The molecular formula is C14H14N2O2. The molecule has 2 aromatic rings. The molecule has 18 heavy (non-hydrogen) atoms. The second-order valence-corrected chi connectivity index (χ2v) is 3.82. The Balaban J connectivity index is 2.21. The number of carbonyl (C=O) groups excluding carboxylic acids is 1. The lowest BCUT2D eigenvalue weighted by Gasteiger charge is -2.09. The maximum atomic E-state index is 12.0. The number of methoxy groups -OCH3 is 1. The molecule has 4 heteroatoms. The van der Waals surface area contributed by atoms with Gasteiger partial charge in [-0.25, -0.2) is 4.98 Å². The van der Waals surface area contributed by atoms with E-state index in [1.54, 1.807) is 31.4 Å². The molecule has 0 fully saturated rings. The van der Waals surface area contributed by atoms with E-state index in [0.29, 0.717) is 17.1 Å². The van der Waals surface area contributed by atoms with Crippen LogP contribution in [0.15, 0.2) is 42.5 Å². The van der Waals surface area contributed by atoms with Gasteiger partial charge in [0, 0.05) is 5.69 Å². The molecule has 0 aliphatic carbocycles. The van der Waals surface area contributed by atoms with Crippen LogP contribution in [0.2, 0.25) is 0 Å². The molecule has 0 saturated carbocycles. The minimum atomic E-state index is -0.247. The molecule has 1 heterocycles. The van der Waals surface area contributed by atoms with Gasteiger partial charge in [0.05, 0.1) is 12.8 Å². The molecule has 0 spiro atoms. The van der Waals surface area contributed by atoms with Crippen molar-refractivity contribution in [3.8, 4) is 5.75 Å². The summed E-state index contributed by atoms with van der Waals surface area (Å²) in [6, 6.07) is 12.6. The number of pyridine rings is 1. The quantitative estimate of drug-likeness (QED) is 0.900. The van der Waals surface area contributed by atoms with Gasteiger partial charge in [0.1, 0.15) is 11.4 Å². The van der Waals surface area contributed by atoms with Crippen LogP contribution in [0.4, 0.5) is 5.69 Å². The Kier molecular flexibility index (Phi) is 3.57. The SMILES string of the molecule is COc1ccccc1NC(=O)c1cccc(C)n1. The second kappa shape index (κ2) is 5.31. The van der Waals surface area contributed by atoms with Crippen molar-refractivity contribution in [3.63, 3.8) is 0 Å². The van der Waals surface area contributed by atoms with Gasteiger partial charge in [-0.3, -0.25) is 4.79 Å². The lowest BCUT2D eigenvalue weighted by molar-refractivity contribution is 0.102. The Bertz CT molecular complexity index is 567. The third-order valence-corrected chi connectivity index (χ3v) is 2.48. The van der Waals surface area contributed by atoms with Gasteiger partial charge >= 0.3 is 0 Å². The topological polar surface area (TPSA) is 51.2 Å². The summed E-state index contributed by atoms with van der Waals surface area (Å²) in [5.41, 5.74) is 1.83. The van der Waals surface area contributed by atoms with Crippen LogP contribution in [-0.4, -0.2) is 18.0 Å². The van der Waals surface area contributed by atoms with E-state index in [2.05, 4.69) is 10.3 Å². The fourth-order valence-corrected chi connectivity index (χ4v) is 1.60. The van der Waals surface area contributed by atoms with Crippen LogP contribution in [0, 0.1) is 6.92 Å². The predicted molar refractivity (Wildman–Crippen MR) is 69.9 cm³/mol. The van der Waals surface area contributed by atoms with E-state index in [-0.39, 0.29) is 5.91 Å². The number of nitrogens with zero attached hydrogens (tertiary/aromatic N) is 1. The fourth-order valence-electron chi connectivity index (χ4n) is 1.60. The number of rotatable bonds is 3. The summed E-state index contributed by atoms with van der Waals surface area (Å²) in [6.45, 7) is 1.85. The molecule has 2 rings (SSSR count). The minimum Gasteiger partial charge on any atom is -0.495 e. The third-order valence-electron chi connectivity index (χ3n) is 2.48. The first-order valence-corrected chi connectivity index (χ1v) is 5.59. The molecule has 0 saturated heterocycles. The molecule has 0 radical (unpaired) electrons. The van der Waals surface area contributed by atoms with Crippen LogP contribution in [0.25, 0.3) is 0 Å². The van der Waals surface area contributed by atoms with E-state index >= 15 is 0 Å². The largest absolute Gasteiger partial charge is 0.495 e. The number of carbonyl (C=O) groups is 1. The smallest absolute Gasteiger partial charge is 0.274 e. The number of para-hydroxylation sites is 2. The first-order valence-electron chi connectivity index (χ1n) is 5.59. The fraction of sp³-hybridized carbons (Fsp3) is 0.143. The second-order valence-electron chi connectivity index (χ2n) is 3.82. The highest BCUT2D eigenvalue weighted by molar-refractivity contribution is 6.03. The van der Waals surface area contributed by atoms with Gasteiger partial charge in [0.2, 0.25) is 0 Å². The summed E-state index contributed by atoms with van der Waals surface area (Å²) in [5.74, 6) is 0.377. The molecule has 1 aromatic carbocycles. The van der Waals surface area contributed by atoms with Crippen LogP contribution in [0.1, 0.15) is 16.2 Å². The maximum absolute atomic E-state index is 12.0. The highest BCUT2D eigenvalue weighted by atomic mass is 16.5. The van der Waals surface area contributed by atoms with Crippen molar-refractivity contribution < 1.29 is 9.53 Å². The maximum Gasteiger partial charge on any atom is 0.274 e. The molecule has 0 aliphatic heterocycles. The normalized spacial score (nSPS) is 9.89. The van der Waals surface area contributed by atoms with Crippen molar-refractivity contribution in [1.82, 2.24) is 4.98 Å². The first-order chi connectivity index (χ1) is 8.70. The molecule has 1 N–H and O–H groups in total. The summed E-state index contributed by atoms with van der Waals surface area (Å²) in [5, 5.41) is 2.78. The predicted octanol–water partition coefficient (Wildman–Crippen LogP) is 2.65. The summed E-state index contributed by atoms with van der Waals surface area (Å²) in [7, 11) is 1.57. The zero-order valence-electron chi connectivity index (χ0n) is 10.3. The summed E-state index contributed by atoms with van der Waals surface area (Å²) in [4.78, 5) is 16.2. The first kappa shape index (κ1) is 12.1. The zero-order chi connectivity index (χ0) is 13.0. The van der Waals surface area contributed by atoms with Crippen LogP contribution >= 0.6 is 0 Å². The number of aryl methyl sites for hydroxylation is 1. The number of nitrogens with one attached hydrogen (secondary N) is 1. The zero-order valence-corrected chi connectivity index (χ0v) is 10.3. The Morgan fingerprint density at radius 2 is 1.94 bits per heavy atom. The highest BCUT2D eigenvalue weighted by Crippen LogP contribution is 2.23. The summed E-state index contributed by atoms with van der Waals surface area (Å²) in [6.07, 6.45) is 0. The Morgan fingerprint density at radius 1 is 1.17 bits per heavy atom. The van der Waals surface area contributed by atoms with E-state index < -0.39 is 0 Å². The number of benzene rings is 1. The van der Waals surface area contributed by atoms with Gasteiger partial charge in [0.15, 0.2) is 0 Å². The molecule has 92 valence electrons. The highest BCUT2D eigenvalue weighted by Gasteiger charge is 2.10. The molecule has 0 atom stereocenters. The number of hydrogen-bond donors (Lipinski definition) is 1. The van der Waals surface area contributed by atoms with Crippen LogP contribution in [0.5, 0.6) is 5.75 Å². The lowest BCUT2D eigenvalue weighted by Crippen LogP contribution is -2.14. The van der Waals surface area contributed by atoms with Crippen molar-refractivity contribution >= 4 is 11.6 Å². The molecule has 1 aromatic heterocycles. The van der Waals surface area contributed by atoms with Crippen LogP contribution in [-0.2, 0) is 0 Å². The van der Waals surface area contributed by atoms with Gasteiger partial charge in [-0.15, -0.1) is 0 Å². The Morgan fingerprint density at radius 3 is 2.67 bits per heavy atom. The van der Waals surface area contributed by atoms with Crippen LogP contribution in [0.3, 0.4) is 0 Å². The van der Waals surface area contributed by atoms with Crippen molar-refractivity contribution in [3.05, 3.63) is 53.9 Å². The lowest BCUT2D eigenvalue weighted by atomic mass is 10.2. The Hall–Kier alpha value is -2.36. The summed E-state index contributed by atoms with van der Waals surface area (Å²) < 4.78 is 5.17. The van der Waals surface area contributed by atoms with Crippen LogP contribution < -0.4 is 10.1 Å². The number of anilines is 1. The molecule has 1 amide bonds. The van der Waals surface area contributed by atoms with E-state index in [9.17, 15) is 4.79 Å². The van der Waals surface area contributed by atoms with Crippen molar-refractivity contribution in [2.24, 2.45) is 0 Å². The molecule has 0 bridgehead atoms. The molecule has 0 unspecified atom stereocenters. The van der Waals surface area contributed by atoms with Gasteiger partial charge in [-0.1, -0.05) is 18.2 Å².